The van der Waals surface area contributed by atoms with Crippen molar-refractivity contribution in [3.05, 3.63) is 17.2 Å². The van der Waals surface area contributed by atoms with Crippen LogP contribution >= 0.6 is 0 Å². The van der Waals surface area contributed by atoms with E-state index in [-0.39, 0.29) is 5.41 Å². The van der Waals surface area contributed by atoms with Gasteiger partial charge in [-0.25, -0.2) is 4.98 Å². The molecule has 100 valence electrons. The van der Waals surface area contributed by atoms with Crippen LogP contribution in [0.15, 0.2) is 0 Å². The molecule has 1 aliphatic heterocycles. The summed E-state index contributed by atoms with van der Waals surface area (Å²) in [5, 5.41) is 0. The maximum atomic E-state index is 5.00. The highest BCUT2D eigenvalue weighted by molar-refractivity contribution is 5.31. The molecular formula is C16H26N2. The summed E-state index contributed by atoms with van der Waals surface area (Å²) in [6.45, 7) is 13.1. The molecule has 3 rings (SSSR count). The summed E-state index contributed by atoms with van der Waals surface area (Å²) in [6.07, 6.45) is 4.91. The molecule has 0 saturated heterocycles. The standard InChI is InChI=1S/C16H26N2/c1-11-6-7-18-13(8-11)17-12-9-15(2,3)10-16(4,5)14(12)18/h11H,6-10H2,1-5H3. The minimum atomic E-state index is 0.281. The lowest BCUT2D eigenvalue weighted by Gasteiger charge is -2.41. The van der Waals surface area contributed by atoms with Crippen LogP contribution in [0.5, 0.6) is 0 Å². The Bertz CT molecular complexity index is 480. The van der Waals surface area contributed by atoms with Crippen molar-refractivity contribution in [2.24, 2.45) is 11.3 Å². The molecule has 1 aromatic heterocycles. The number of fused-ring (bicyclic) bond motifs is 3. The van der Waals surface area contributed by atoms with E-state index in [2.05, 4.69) is 39.2 Å². The number of imidazole rings is 1. The van der Waals surface area contributed by atoms with Crippen LogP contribution in [0.3, 0.4) is 0 Å². The topological polar surface area (TPSA) is 17.8 Å². The van der Waals surface area contributed by atoms with Crippen LogP contribution in [0.4, 0.5) is 0 Å². The Morgan fingerprint density at radius 3 is 2.67 bits per heavy atom. The first-order chi connectivity index (χ1) is 8.28. The minimum Gasteiger partial charge on any atom is -0.331 e. The van der Waals surface area contributed by atoms with Gasteiger partial charge in [0.05, 0.1) is 5.69 Å². The van der Waals surface area contributed by atoms with Gasteiger partial charge >= 0.3 is 0 Å². The van der Waals surface area contributed by atoms with Gasteiger partial charge in [0.25, 0.3) is 0 Å². The van der Waals surface area contributed by atoms with Crippen LogP contribution in [-0.2, 0) is 24.8 Å². The van der Waals surface area contributed by atoms with E-state index >= 15 is 0 Å². The van der Waals surface area contributed by atoms with Crippen molar-refractivity contribution in [2.45, 2.75) is 72.3 Å². The number of aromatic nitrogens is 2. The number of nitrogens with zero attached hydrogens (tertiary/aromatic N) is 2. The maximum absolute atomic E-state index is 5.00. The first-order valence-corrected chi connectivity index (χ1v) is 7.37. The summed E-state index contributed by atoms with van der Waals surface area (Å²) < 4.78 is 2.55. The normalized spacial score (nSPS) is 28.6. The Balaban J connectivity index is 2.12. The fourth-order valence-electron chi connectivity index (χ4n) is 4.39. The highest BCUT2D eigenvalue weighted by Gasteiger charge is 2.42. The third kappa shape index (κ3) is 1.81. The Kier molecular flexibility index (Phi) is 2.46. The van der Waals surface area contributed by atoms with Crippen molar-refractivity contribution >= 4 is 0 Å². The number of hydrogen-bond acceptors (Lipinski definition) is 1. The van der Waals surface area contributed by atoms with Crippen molar-refractivity contribution < 1.29 is 0 Å². The zero-order valence-electron chi connectivity index (χ0n) is 12.5. The molecule has 1 unspecified atom stereocenters. The Labute approximate surface area is 111 Å². The van der Waals surface area contributed by atoms with Crippen molar-refractivity contribution in [3.63, 3.8) is 0 Å². The van der Waals surface area contributed by atoms with Gasteiger partial charge in [-0.2, -0.15) is 0 Å². The number of rotatable bonds is 0. The highest BCUT2D eigenvalue weighted by Crippen LogP contribution is 2.46. The van der Waals surface area contributed by atoms with Gasteiger partial charge in [0.2, 0.25) is 0 Å². The average molecular weight is 246 g/mol. The molecule has 18 heavy (non-hydrogen) atoms. The molecule has 0 fully saturated rings. The van der Waals surface area contributed by atoms with E-state index in [4.69, 9.17) is 4.98 Å². The molecule has 0 saturated carbocycles. The number of hydrogen-bond donors (Lipinski definition) is 0. The van der Waals surface area contributed by atoms with Crippen molar-refractivity contribution in [1.29, 1.82) is 0 Å². The lowest BCUT2D eigenvalue weighted by atomic mass is 9.66. The Hall–Kier alpha value is -0.790. The molecule has 0 N–H and O–H groups in total. The first-order valence-electron chi connectivity index (χ1n) is 7.37. The summed E-state index contributed by atoms with van der Waals surface area (Å²) >= 11 is 0. The monoisotopic (exact) mass is 246 g/mol. The Morgan fingerprint density at radius 2 is 1.94 bits per heavy atom. The van der Waals surface area contributed by atoms with Gasteiger partial charge in [-0.15, -0.1) is 0 Å². The van der Waals surface area contributed by atoms with Gasteiger partial charge in [0.1, 0.15) is 5.82 Å². The van der Waals surface area contributed by atoms with Crippen LogP contribution in [0.2, 0.25) is 0 Å². The molecule has 0 bridgehead atoms. The third-order valence-corrected chi connectivity index (χ3v) is 4.70. The first kappa shape index (κ1) is 12.3. The third-order valence-electron chi connectivity index (χ3n) is 4.70. The predicted octanol–water partition coefficient (Wildman–Crippen LogP) is 3.72. The van der Waals surface area contributed by atoms with Crippen LogP contribution in [0.1, 0.15) is 64.7 Å². The zero-order chi connectivity index (χ0) is 13.1. The fraction of sp³-hybridized carbons (Fsp3) is 0.812. The van der Waals surface area contributed by atoms with Crippen molar-refractivity contribution in [2.75, 3.05) is 0 Å². The van der Waals surface area contributed by atoms with Crippen LogP contribution in [0, 0.1) is 11.3 Å². The second-order valence-electron chi connectivity index (χ2n) is 7.97. The minimum absolute atomic E-state index is 0.281. The summed E-state index contributed by atoms with van der Waals surface area (Å²) in [6, 6.07) is 0. The summed E-state index contributed by atoms with van der Waals surface area (Å²) in [4.78, 5) is 5.00. The molecule has 1 atom stereocenters. The molecule has 1 aliphatic carbocycles. The molecule has 2 heteroatoms. The summed E-state index contributed by atoms with van der Waals surface area (Å²) in [5.41, 5.74) is 3.61. The zero-order valence-corrected chi connectivity index (χ0v) is 12.5. The van der Waals surface area contributed by atoms with E-state index < -0.39 is 0 Å². The largest absolute Gasteiger partial charge is 0.331 e. The summed E-state index contributed by atoms with van der Waals surface area (Å²) in [5.74, 6) is 2.15. The Morgan fingerprint density at radius 1 is 1.22 bits per heavy atom. The smallest absolute Gasteiger partial charge is 0.109 e. The second kappa shape index (κ2) is 3.61. The van der Waals surface area contributed by atoms with Gasteiger partial charge in [-0.1, -0.05) is 34.6 Å². The van der Waals surface area contributed by atoms with Gasteiger partial charge < -0.3 is 4.57 Å². The molecule has 0 aromatic carbocycles. The molecule has 0 radical (unpaired) electrons. The molecule has 0 spiro atoms. The highest BCUT2D eigenvalue weighted by atomic mass is 15.1. The predicted molar refractivity (Wildman–Crippen MR) is 74.8 cm³/mol. The van der Waals surface area contributed by atoms with Gasteiger partial charge in [0.15, 0.2) is 0 Å². The van der Waals surface area contributed by atoms with Crippen molar-refractivity contribution in [3.8, 4) is 0 Å². The van der Waals surface area contributed by atoms with E-state index in [1.54, 1.807) is 5.69 Å². The summed E-state index contributed by atoms with van der Waals surface area (Å²) in [7, 11) is 0. The SMILES string of the molecule is CC1CCn2c(nc3c2C(C)(C)CC(C)(C)C3)C1. The van der Waals surface area contributed by atoms with E-state index in [1.807, 2.05) is 0 Å². The molecule has 2 nitrogen and oxygen atoms in total. The van der Waals surface area contributed by atoms with Crippen LogP contribution in [-0.4, -0.2) is 9.55 Å². The quantitative estimate of drug-likeness (QED) is 0.682. The van der Waals surface area contributed by atoms with Crippen LogP contribution in [0.25, 0.3) is 0 Å². The van der Waals surface area contributed by atoms with Gasteiger partial charge in [-0.05, 0) is 30.6 Å². The van der Waals surface area contributed by atoms with E-state index in [9.17, 15) is 0 Å². The van der Waals surface area contributed by atoms with Crippen LogP contribution < -0.4 is 0 Å². The molecule has 0 amide bonds. The maximum Gasteiger partial charge on any atom is 0.109 e. The lowest BCUT2D eigenvalue weighted by Crippen LogP contribution is -2.37. The second-order valence-corrected chi connectivity index (χ2v) is 7.97. The fourth-order valence-corrected chi connectivity index (χ4v) is 4.39. The lowest BCUT2D eigenvalue weighted by molar-refractivity contribution is 0.218. The molecule has 1 aromatic rings. The molecule has 2 heterocycles. The molecule has 2 aliphatic rings. The van der Waals surface area contributed by atoms with E-state index in [0.29, 0.717) is 5.41 Å². The van der Waals surface area contributed by atoms with Gasteiger partial charge in [-0.3, -0.25) is 0 Å². The van der Waals surface area contributed by atoms with Gasteiger partial charge in [0, 0.05) is 24.1 Å². The van der Waals surface area contributed by atoms with Crippen molar-refractivity contribution in [1.82, 2.24) is 9.55 Å². The molecular weight excluding hydrogens is 220 g/mol. The average Bonchev–Trinajstić information content (AvgIpc) is 2.51. The van der Waals surface area contributed by atoms with E-state index in [1.165, 1.54) is 37.3 Å². The van der Waals surface area contributed by atoms with E-state index in [0.717, 1.165) is 12.3 Å².